The lowest BCUT2D eigenvalue weighted by atomic mass is 9.44. The number of Topliss-reactive ketones (excluding diaryl/α,β-unsaturated/α-hetero) is 1. The van der Waals surface area contributed by atoms with Crippen LogP contribution in [0.15, 0.2) is 0 Å². The minimum Gasteiger partial charge on any atom is -0.393 e. The Bertz CT molecular complexity index is 528. The standard InChI is InChI=1S/C22H36O2/c1-13-11-19-17-6-5-15-12-16(24)7-9-21(15,3)18(17)8-10-22(19,4)20(13)14(2)23/h13,15-20,24H,5-12H2,1-4H3/t13-,15-,16-,17-,18+,19-,20+,21+,22-/m1/s1. The lowest BCUT2D eigenvalue weighted by Gasteiger charge is -2.60. The van der Waals surface area contributed by atoms with Gasteiger partial charge in [0.15, 0.2) is 0 Å². The molecule has 136 valence electrons. The SMILES string of the molecule is CC(=O)[C@@H]1[C@H](C)C[C@@H]2[C@@H]3CC[C@@H]4C[C@H](O)CC[C@]4(C)[C@H]3CC[C@]21C. The molecular weight excluding hydrogens is 296 g/mol. The number of carbonyl (C=O) groups excluding carboxylic acids is 1. The maximum Gasteiger partial charge on any atom is 0.133 e. The minimum absolute atomic E-state index is 0.0536. The summed E-state index contributed by atoms with van der Waals surface area (Å²) in [7, 11) is 0. The van der Waals surface area contributed by atoms with Crippen LogP contribution in [0, 0.1) is 46.3 Å². The van der Waals surface area contributed by atoms with Gasteiger partial charge in [-0.25, -0.2) is 0 Å². The summed E-state index contributed by atoms with van der Waals surface area (Å²) in [6.45, 7) is 9.16. The van der Waals surface area contributed by atoms with Gasteiger partial charge in [0.2, 0.25) is 0 Å². The van der Waals surface area contributed by atoms with Crippen molar-refractivity contribution in [3.05, 3.63) is 0 Å². The summed E-state index contributed by atoms with van der Waals surface area (Å²) >= 11 is 0. The first-order valence-electron chi connectivity index (χ1n) is 10.5. The molecule has 4 rings (SSSR count). The zero-order valence-corrected chi connectivity index (χ0v) is 16.1. The lowest BCUT2D eigenvalue weighted by molar-refractivity contribution is -0.139. The number of ketones is 1. The van der Waals surface area contributed by atoms with E-state index in [0.29, 0.717) is 23.0 Å². The van der Waals surface area contributed by atoms with E-state index in [1.54, 1.807) is 0 Å². The number of rotatable bonds is 1. The maximum atomic E-state index is 12.4. The molecule has 0 heterocycles. The second-order valence-corrected chi connectivity index (χ2v) is 10.4. The summed E-state index contributed by atoms with van der Waals surface area (Å²) in [5, 5.41) is 10.1. The van der Waals surface area contributed by atoms with Crippen LogP contribution in [0.1, 0.15) is 79.1 Å². The van der Waals surface area contributed by atoms with Crippen LogP contribution in [0.2, 0.25) is 0 Å². The quantitative estimate of drug-likeness (QED) is 0.746. The Kier molecular flexibility index (Phi) is 3.95. The van der Waals surface area contributed by atoms with E-state index in [1.165, 1.54) is 38.5 Å². The molecule has 0 spiro atoms. The van der Waals surface area contributed by atoms with E-state index in [-0.39, 0.29) is 11.5 Å². The summed E-state index contributed by atoms with van der Waals surface area (Å²) in [6.07, 6.45) is 9.69. The third-order valence-electron chi connectivity index (χ3n) is 9.42. The minimum atomic E-state index is -0.0536. The highest BCUT2D eigenvalue weighted by atomic mass is 16.3. The fourth-order valence-electron chi connectivity index (χ4n) is 8.46. The monoisotopic (exact) mass is 332 g/mol. The molecule has 0 aromatic heterocycles. The first-order valence-corrected chi connectivity index (χ1v) is 10.5. The van der Waals surface area contributed by atoms with Gasteiger partial charge in [0.05, 0.1) is 6.10 Å². The Morgan fingerprint density at radius 1 is 0.958 bits per heavy atom. The van der Waals surface area contributed by atoms with Crippen molar-refractivity contribution in [1.82, 2.24) is 0 Å². The second-order valence-electron chi connectivity index (χ2n) is 10.4. The molecule has 9 atom stereocenters. The number of hydrogen-bond acceptors (Lipinski definition) is 2. The molecule has 0 aliphatic heterocycles. The van der Waals surface area contributed by atoms with E-state index in [0.717, 1.165) is 36.5 Å². The summed E-state index contributed by atoms with van der Waals surface area (Å²) in [4.78, 5) is 12.4. The van der Waals surface area contributed by atoms with Gasteiger partial charge in [-0.2, -0.15) is 0 Å². The Hall–Kier alpha value is -0.370. The van der Waals surface area contributed by atoms with Crippen LogP contribution in [-0.2, 0) is 4.79 Å². The van der Waals surface area contributed by atoms with Gasteiger partial charge in [-0.05, 0) is 98.7 Å². The van der Waals surface area contributed by atoms with Crippen molar-refractivity contribution in [2.24, 2.45) is 46.3 Å². The molecule has 4 aliphatic carbocycles. The van der Waals surface area contributed by atoms with Crippen LogP contribution in [0.3, 0.4) is 0 Å². The Labute approximate surface area is 147 Å². The highest BCUT2D eigenvalue weighted by molar-refractivity contribution is 5.80. The zero-order chi connectivity index (χ0) is 17.3. The van der Waals surface area contributed by atoms with Crippen LogP contribution < -0.4 is 0 Å². The van der Waals surface area contributed by atoms with E-state index >= 15 is 0 Å². The van der Waals surface area contributed by atoms with E-state index in [2.05, 4.69) is 20.8 Å². The van der Waals surface area contributed by atoms with Crippen LogP contribution >= 0.6 is 0 Å². The predicted octanol–water partition coefficient (Wildman–Crippen LogP) is 4.84. The van der Waals surface area contributed by atoms with Crippen molar-refractivity contribution in [3.8, 4) is 0 Å². The zero-order valence-electron chi connectivity index (χ0n) is 16.1. The average molecular weight is 333 g/mol. The number of carbonyl (C=O) groups is 1. The van der Waals surface area contributed by atoms with Crippen molar-refractivity contribution in [2.75, 3.05) is 0 Å². The van der Waals surface area contributed by atoms with Crippen molar-refractivity contribution in [1.29, 1.82) is 0 Å². The summed E-state index contributed by atoms with van der Waals surface area (Å²) in [6, 6.07) is 0. The van der Waals surface area contributed by atoms with Gasteiger partial charge in [-0.15, -0.1) is 0 Å². The van der Waals surface area contributed by atoms with Crippen LogP contribution in [-0.4, -0.2) is 17.0 Å². The third-order valence-corrected chi connectivity index (χ3v) is 9.42. The van der Waals surface area contributed by atoms with Gasteiger partial charge in [-0.3, -0.25) is 4.79 Å². The van der Waals surface area contributed by atoms with E-state index in [9.17, 15) is 9.90 Å². The number of aliphatic hydroxyl groups is 1. The molecular formula is C22H36O2. The lowest BCUT2D eigenvalue weighted by Crippen LogP contribution is -2.54. The summed E-state index contributed by atoms with van der Waals surface area (Å²) in [5.41, 5.74) is 0.699. The molecule has 0 unspecified atom stereocenters. The van der Waals surface area contributed by atoms with Gasteiger partial charge in [-0.1, -0.05) is 20.8 Å². The third kappa shape index (κ3) is 2.20. The molecule has 2 nitrogen and oxygen atoms in total. The van der Waals surface area contributed by atoms with E-state index in [4.69, 9.17) is 0 Å². The van der Waals surface area contributed by atoms with Gasteiger partial charge in [0.1, 0.15) is 5.78 Å². The predicted molar refractivity (Wildman–Crippen MR) is 96.5 cm³/mol. The fraction of sp³-hybridized carbons (Fsp3) is 0.955. The maximum absolute atomic E-state index is 12.4. The Morgan fingerprint density at radius 3 is 2.38 bits per heavy atom. The average Bonchev–Trinajstić information content (AvgIpc) is 2.78. The van der Waals surface area contributed by atoms with Gasteiger partial charge >= 0.3 is 0 Å². The van der Waals surface area contributed by atoms with Crippen LogP contribution in [0.5, 0.6) is 0 Å². The number of hydrogen-bond donors (Lipinski definition) is 1. The smallest absolute Gasteiger partial charge is 0.133 e. The Morgan fingerprint density at radius 2 is 1.67 bits per heavy atom. The molecule has 0 aromatic rings. The van der Waals surface area contributed by atoms with Crippen molar-refractivity contribution in [3.63, 3.8) is 0 Å². The molecule has 0 bridgehead atoms. The molecule has 0 amide bonds. The summed E-state index contributed by atoms with van der Waals surface area (Å²) in [5.74, 6) is 4.44. The van der Waals surface area contributed by atoms with E-state index < -0.39 is 0 Å². The van der Waals surface area contributed by atoms with Gasteiger partial charge in [0.25, 0.3) is 0 Å². The number of aliphatic hydroxyl groups excluding tert-OH is 1. The van der Waals surface area contributed by atoms with Crippen LogP contribution in [0.4, 0.5) is 0 Å². The van der Waals surface area contributed by atoms with Gasteiger partial charge in [0, 0.05) is 5.92 Å². The fourth-order valence-corrected chi connectivity index (χ4v) is 8.46. The topological polar surface area (TPSA) is 37.3 Å². The molecule has 4 fully saturated rings. The van der Waals surface area contributed by atoms with Crippen molar-refractivity contribution < 1.29 is 9.90 Å². The first-order chi connectivity index (χ1) is 11.3. The molecule has 4 saturated carbocycles. The second kappa shape index (κ2) is 5.56. The Balaban J connectivity index is 1.64. The first kappa shape index (κ1) is 17.1. The molecule has 0 radical (unpaired) electrons. The molecule has 0 aromatic carbocycles. The molecule has 24 heavy (non-hydrogen) atoms. The molecule has 2 heteroatoms. The van der Waals surface area contributed by atoms with Crippen LogP contribution in [0.25, 0.3) is 0 Å². The highest BCUT2D eigenvalue weighted by Gasteiger charge is 2.62. The van der Waals surface area contributed by atoms with Gasteiger partial charge < -0.3 is 5.11 Å². The van der Waals surface area contributed by atoms with Crippen molar-refractivity contribution in [2.45, 2.75) is 85.2 Å². The number of fused-ring (bicyclic) bond motifs is 5. The van der Waals surface area contributed by atoms with E-state index in [1.807, 2.05) is 6.92 Å². The molecule has 0 saturated heterocycles. The molecule has 4 aliphatic rings. The highest BCUT2D eigenvalue weighted by Crippen LogP contribution is 2.68. The molecule has 1 N–H and O–H groups in total. The largest absolute Gasteiger partial charge is 0.393 e. The normalized spacial score (nSPS) is 57.0. The summed E-state index contributed by atoms with van der Waals surface area (Å²) < 4.78 is 0. The van der Waals surface area contributed by atoms with Crippen molar-refractivity contribution >= 4 is 5.78 Å².